The molecular formula is C19H19Cl2N3O4. The molecule has 2 aromatic rings. The van der Waals surface area contributed by atoms with Gasteiger partial charge in [-0.25, -0.2) is 0 Å². The number of halogens is 2. The third-order valence-corrected chi connectivity index (χ3v) is 4.69. The van der Waals surface area contributed by atoms with Crippen LogP contribution in [0.25, 0.3) is 0 Å². The number of amides is 1. The van der Waals surface area contributed by atoms with Gasteiger partial charge in [-0.1, -0.05) is 29.3 Å². The maximum atomic E-state index is 12.7. The predicted molar refractivity (Wildman–Crippen MR) is 108 cm³/mol. The summed E-state index contributed by atoms with van der Waals surface area (Å²) in [4.78, 5) is 24.7. The van der Waals surface area contributed by atoms with Crippen LogP contribution in [0.1, 0.15) is 12.5 Å². The highest BCUT2D eigenvalue weighted by Gasteiger charge is 2.26. The Labute approximate surface area is 172 Å². The topological polar surface area (TPSA) is 89.3 Å². The minimum Gasteiger partial charge on any atom is -0.495 e. The molecule has 1 amide bonds. The summed E-state index contributed by atoms with van der Waals surface area (Å²) in [6.07, 6.45) is 0. The van der Waals surface area contributed by atoms with Gasteiger partial charge in [-0.05, 0) is 43.7 Å². The lowest BCUT2D eigenvalue weighted by Crippen LogP contribution is -2.32. The zero-order valence-electron chi connectivity index (χ0n) is 15.7. The first kappa shape index (κ1) is 21.7. The molecule has 0 saturated carbocycles. The molecule has 7 nitrogen and oxygen atoms in total. The monoisotopic (exact) mass is 423 g/mol. The molecule has 0 heterocycles. The van der Waals surface area contributed by atoms with E-state index in [2.05, 4.69) is 15.5 Å². The number of nitrogens with zero attached hydrogens (tertiary/aromatic N) is 2. The number of carbonyl (C=O) groups excluding carboxylic acids is 2. The lowest BCUT2D eigenvalue weighted by atomic mass is 10.2. The van der Waals surface area contributed by atoms with Crippen LogP contribution >= 0.6 is 23.2 Å². The zero-order valence-corrected chi connectivity index (χ0v) is 17.3. The summed E-state index contributed by atoms with van der Waals surface area (Å²) < 4.78 is 10.4. The van der Waals surface area contributed by atoms with Crippen LogP contribution in [0, 0.1) is 6.92 Å². The van der Waals surface area contributed by atoms with Gasteiger partial charge in [0, 0.05) is 5.02 Å². The van der Waals surface area contributed by atoms with Crippen molar-refractivity contribution < 1.29 is 19.1 Å². The molecule has 0 spiro atoms. The van der Waals surface area contributed by atoms with E-state index in [1.807, 2.05) is 0 Å². The van der Waals surface area contributed by atoms with E-state index >= 15 is 0 Å². The van der Waals surface area contributed by atoms with Gasteiger partial charge >= 0.3 is 0 Å². The number of ether oxygens (including phenoxy) is 2. The molecule has 0 aliphatic rings. The fourth-order valence-electron chi connectivity index (χ4n) is 2.32. The molecule has 2 rings (SSSR count). The van der Waals surface area contributed by atoms with E-state index in [1.54, 1.807) is 37.3 Å². The number of azo groups is 1. The molecule has 0 radical (unpaired) electrons. The van der Waals surface area contributed by atoms with E-state index in [9.17, 15) is 9.59 Å². The molecule has 28 heavy (non-hydrogen) atoms. The van der Waals surface area contributed by atoms with Crippen molar-refractivity contribution in [2.24, 2.45) is 10.2 Å². The van der Waals surface area contributed by atoms with Crippen molar-refractivity contribution in [3.05, 3.63) is 45.9 Å². The van der Waals surface area contributed by atoms with E-state index in [0.717, 1.165) is 0 Å². The van der Waals surface area contributed by atoms with E-state index in [4.69, 9.17) is 32.7 Å². The number of Topliss-reactive ketones (excluding diaryl/α,β-unsaturated/α-hetero) is 1. The number of ketones is 1. The number of anilines is 1. The van der Waals surface area contributed by atoms with Gasteiger partial charge in [-0.2, -0.15) is 10.2 Å². The average Bonchev–Trinajstić information content (AvgIpc) is 2.66. The molecule has 1 atom stereocenters. The first-order valence-corrected chi connectivity index (χ1v) is 8.93. The van der Waals surface area contributed by atoms with Gasteiger partial charge < -0.3 is 14.8 Å². The fourth-order valence-corrected chi connectivity index (χ4v) is 2.77. The Hall–Kier alpha value is -2.64. The molecule has 0 fully saturated rings. The highest BCUT2D eigenvalue weighted by molar-refractivity contribution is 6.36. The van der Waals surface area contributed by atoms with Crippen LogP contribution in [0.4, 0.5) is 11.4 Å². The Morgan fingerprint density at radius 3 is 2.32 bits per heavy atom. The predicted octanol–water partition coefficient (Wildman–Crippen LogP) is 5.00. The number of hydrogen-bond acceptors (Lipinski definition) is 6. The highest BCUT2D eigenvalue weighted by atomic mass is 35.5. The molecule has 9 heteroatoms. The van der Waals surface area contributed by atoms with E-state index in [1.165, 1.54) is 21.1 Å². The van der Waals surface area contributed by atoms with E-state index in [0.29, 0.717) is 27.8 Å². The number of benzene rings is 2. The Kier molecular flexibility index (Phi) is 7.37. The van der Waals surface area contributed by atoms with Gasteiger partial charge in [0.1, 0.15) is 22.2 Å². The molecule has 0 aromatic heterocycles. The van der Waals surface area contributed by atoms with Crippen LogP contribution in [0.5, 0.6) is 11.5 Å². The molecule has 1 unspecified atom stereocenters. The van der Waals surface area contributed by atoms with Gasteiger partial charge in [-0.3, -0.25) is 9.59 Å². The summed E-state index contributed by atoms with van der Waals surface area (Å²) in [5.74, 6) is -0.541. The molecule has 0 bridgehead atoms. The summed E-state index contributed by atoms with van der Waals surface area (Å²) >= 11 is 12.3. The number of carbonyl (C=O) groups is 2. The molecule has 1 N–H and O–H groups in total. The lowest BCUT2D eigenvalue weighted by molar-refractivity contribution is -0.126. The van der Waals surface area contributed by atoms with Crippen LogP contribution in [0.2, 0.25) is 10.0 Å². The fraction of sp³-hybridized carbons (Fsp3) is 0.263. The van der Waals surface area contributed by atoms with Gasteiger partial charge in [0.25, 0.3) is 5.91 Å². The minimum atomic E-state index is -1.37. The van der Waals surface area contributed by atoms with Crippen molar-refractivity contribution >= 4 is 46.3 Å². The second-order valence-electron chi connectivity index (χ2n) is 5.76. The van der Waals surface area contributed by atoms with Gasteiger partial charge in [0.05, 0.1) is 19.9 Å². The standard InChI is InChI=1S/C19H19Cl2N3O4/c1-10-12(20)6-5-7-13(10)23-24-17(11(2)25)19(26)22-18-15(28-4)9-8-14(27-3)16(18)21/h5-9,17H,1-4H3,(H,22,26). The van der Waals surface area contributed by atoms with Crippen molar-refractivity contribution in [1.29, 1.82) is 0 Å². The first-order valence-electron chi connectivity index (χ1n) is 8.17. The van der Waals surface area contributed by atoms with E-state index < -0.39 is 17.7 Å². The molecule has 148 valence electrons. The SMILES string of the molecule is COc1ccc(OC)c(NC(=O)C(N=Nc2cccc(Cl)c2C)C(C)=O)c1Cl. The van der Waals surface area contributed by atoms with Gasteiger partial charge in [0.15, 0.2) is 5.78 Å². The van der Waals surface area contributed by atoms with Crippen LogP contribution in [-0.2, 0) is 9.59 Å². The van der Waals surface area contributed by atoms with Crippen LogP contribution < -0.4 is 14.8 Å². The van der Waals surface area contributed by atoms with Gasteiger partial charge in [-0.15, -0.1) is 0 Å². The Bertz CT molecular complexity index is 932. The summed E-state index contributed by atoms with van der Waals surface area (Å²) in [5.41, 5.74) is 1.32. The van der Waals surface area contributed by atoms with Crippen molar-refractivity contribution in [3.63, 3.8) is 0 Å². The Morgan fingerprint density at radius 1 is 1.07 bits per heavy atom. The quantitative estimate of drug-likeness (QED) is 0.501. The smallest absolute Gasteiger partial charge is 0.258 e. The normalized spacial score (nSPS) is 11.9. The first-order chi connectivity index (χ1) is 13.3. The third-order valence-electron chi connectivity index (χ3n) is 3.91. The summed E-state index contributed by atoms with van der Waals surface area (Å²) in [5, 5.41) is 11.1. The number of hydrogen-bond donors (Lipinski definition) is 1. The maximum Gasteiger partial charge on any atom is 0.258 e. The third kappa shape index (κ3) is 4.79. The van der Waals surface area contributed by atoms with Crippen LogP contribution in [0.3, 0.4) is 0 Å². The van der Waals surface area contributed by atoms with Gasteiger partial charge in [0.2, 0.25) is 6.04 Å². The highest BCUT2D eigenvalue weighted by Crippen LogP contribution is 2.39. The van der Waals surface area contributed by atoms with Crippen LogP contribution in [-0.4, -0.2) is 32.0 Å². The van der Waals surface area contributed by atoms with Crippen molar-refractivity contribution in [1.82, 2.24) is 0 Å². The Balaban J connectivity index is 2.33. The summed E-state index contributed by atoms with van der Waals surface area (Å²) in [6, 6.07) is 6.91. The minimum absolute atomic E-state index is 0.139. The van der Waals surface area contributed by atoms with E-state index in [-0.39, 0.29) is 10.7 Å². The second kappa shape index (κ2) is 9.52. The molecular weight excluding hydrogens is 405 g/mol. The largest absolute Gasteiger partial charge is 0.495 e. The number of methoxy groups -OCH3 is 2. The lowest BCUT2D eigenvalue weighted by Gasteiger charge is -2.15. The van der Waals surface area contributed by atoms with Crippen molar-refractivity contribution in [2.75, 3.05) is 19.5 Å². The average molecular weight is 424 g/mol. The second-order valence-corrected chi connectivity index (χ2v) is 6.55. The van der Waals surface area contributed by atoms with Crippen LogP contribution in [0.15, 0.2) is 40.6 Å². The van der Waals surface area contributed by atoms with Crippen molar-refractivity contribution in [2.45, 2.75) is 19.9 Å². The molecule has 0 aliphatic heterocycles. The van der Waals surface area contributed by atoms with Crippen molar-refractivity contribution in [3.8, 4) is 11.5 Å². The summed E-state index contributed by atoms with van der Waals surface area (Å²) in [7, 11) is 2.87. The molecule has 0 aliphatic carbocycles. The molecule has 2 aromatic carbocycles. The molecule has 0 saturated heterocycles. The Morgan fingerprint density at radius 2 is 1.71 bits per heavy atom. The maximum absolute atomic E-state index is 12.7. The number of rotatable bonds is 7. The number of nitrogens with one attached hydrogen (secondary N) is 1. The zero-order chi connectivity index (χ0) is 20.8. The summed E-state index contributed by atoms with van der Waals surface area (Å²) in [6.45, 7) is 3.01.